The largest absolute Gasteiger partial charge is 0.306 e. The van der Waals surface area contributed by atoms with Crippen LogP contribution in [0.25, 0.3) is 5.69 Å². The van der Waals surface area contributed by atoms with E-state index >= 15 is 0 Å². The van der Waals surface area contributed by atoms with E-state index in [9.17, 15) is 0 Å². The lowest BCUT2D eigenvalue weighted by molar-refractivity contribution is 0.0333. The molecule has 2 saturated heterocycles. The topological polar surface area (TPSA) is 27.5 Å². The highest BCUT2D eigenvalue weighted by atomic mass is 15.3. The van der Waals surface area contributed by atoms with E-state index in [1.54, 1.807) is 0 Å². The highest BCUT2D eigenvalue weighted by Gasteiger charge is 2.40. The summed E-state index contributed by atoms with van der Waals surface area (Å²) in [6.45, 7) is 6.93. The molecule has 1 aromatic heterocycles. The number of para-hydroxylation sites is 1. The molecule has 3 heterocycles. The van der Waals surface area contributed by atoms with Crippen molar-refractivity contribution in [1.29, 1.82) is 0 Å². The van der Waals surface area contributed by atoms with Gasteiger partial charge in [0, 0.05) is 24.8 Å². The lowest BCUT2D eigenvalue weighted by Gasteiger charge is -2.47. The fraction of sp³-hybridized carbons (Fsp3) is 0.571. The number of hydrogen-bond acceptors (Lipinski definition) is 4. The van der Waals surface area contributed by atoms with Crippen LogP contribution in [0.5, 0.6) is 0 Å². The van der Waals surface area contributed by atoms with Crippen LogP contribution in [0.1, 0.15) is 25.0 Å². The minimum Gasteiger partial charge on any atom is -0.306 e. The molecule has 0 amide bonds. The molecule has 2 aromatic rings. The Bertz CT molecular complexity index is 702. The van der Waals surface area contributed by atoms with Gasteiger partial charge in [-0.3, -0.25) is 9.80 Å². The fourth-order valence-corrected chi connectivity index (χ4v) is 4.58. The molecule has 0 atom stereocenters. The number of aromatic nitrogens is 2. The Hall–Kier alpha value is -1.69. The SMILES string of the molecule is CN1CCC2(CC1)CN(Cc1ccnn1-c1ccccc1)CCCN2C. The van der Waals surface area contributed by atoms with E-state index in [1.807, 2.05) is 6.20 Å². The number of nitrogens with zero attached hydrogens (tertiary/aromatic N) is 5. The third-order valence-electron chi connectivity index (χ3n) is 6.32. The lowest BCUT2D eigenvalue weighted by Crippen LogP contribution is -2.57. The van der Waals surface area contributed by atoms with Crippen molar-refractivity contribution in [1.82, 2.24) is 24.5 Å². The number of likely N-dealkylation sites (N-methyl/N-ethyl adjacent to an activating group) is 1. The molecule has 2 aliphatic rings. The summed E-state index contributed by atoms with van der Waals surface area (Å²) in [4.78, 5) is 7.78. The summed E-state index contributed by atoms with van der Waals surface area (Å²) in [5.41, 5.74) is 2.76. The van der Waals surface area contributed by atoms with Crippen LogP contribution in [-0.2, 0) is 6.54 Å². The van der Waals surface area contributed by atoms with Crippen molar-refractivity contribution in [2.75, 3.05) is 46.8 Å². The molecule has 26 heavy (non-hydrogen) atoms. The molecule has 5 heteroatoms. The number of benzene rings is 1. The van der Waals surface area contributed by atoms with E-state index in [1.165, 1.54) is 51.1 Å². The second kappa shape index (κ2) is 7.51. The zero-order chi connectivity index (χ0) is 18.0. The zero-order valence-electron chi connectivity index (χ0n) is 16.1. The molecule has 0 bridgehead atoms. The molecule has 5 nitrogen and oxygen atoms in total. The van der Waals surface area contributed by atoms with Crippen LogP contribution in [0.2, 0.25) is 0 Å². The van der Waals surface area contributed by atoms with Gasteiger partial charge in [0.05, 0.1) is 11.4 Å². The average Bonchev–Trinajstić information content (AvgIpc) is 3.06. The second-order valence-electron chi connectivity index (χ2n) is 8.08. The first-order chi connectivity index (χ1) is 12.7. The molecule has 2 aliphatic heterocycles. The van der Waals surface area contributed by atoms with Crippen LogP contribution in [0, 0.1) is 0 Å². The van der Waals surface area contributed by atoms with Crippen molar-refractivity contribution in [2.24, 2.45) is 0 Å². The molecule has 140 valence electrons. The highest BCUT2D eigenvalue weighted by molar-refractivity contribution is 5.32. The first-order valence-corrected chi connectivity index (χ1v) is 9.87. The minimum absolute atomic E-state index is 0.334. The van der Waals surface area contributed by atoms with E-state index < -0.39 is 0 Å². The molecule has 1 aromatic carbocycles. The molecule has 4 rings (SSSR count). The molecular weight excluding hydrogens is 322 g/mol. The van der Waals surface area contributed by atoms with Crippen LogP contribution < -0.4 is 0 Å². The normalized spacial score (nSPS) is 22.5. The standard InChI is InChI=1S/C21H31N5/c1-23-15-10-21(11-16-23)18-25(14-6-13-24(21)2)17-20-9-12-22-26(20)19-7-4-3-5-8-19/h3-5,7-9,12H,6,10-11,13-18H2,1-2H3. The van der Waals surface area contributed by atoms with Crippen molar-refractivity contribution in [3.63, 3.8) is 0 Å². The van der Waals surface area contributed by atoms with E-state index in [0.717, 1.165) is 18.8 Å². The monoisotopic (exact) mass is 353 g/mol. The third kappa shape index (κ3) is 3.56. The van der Waals surface area contributed by atoms with Gasteiger partial charge in [-0.1, -0.05) is 18.2 Å². The van der Waals surface area contributed by atoms with Gasteiger partial charge in [0.2, 0.25) is 0 Å². The zero-order valence-corrected chi connectivity index (χ0v) is 16.1. The van der Waals surface area contributed by atoms with Crippen molar-refractivity contribution >= 4 is 0 Å². The fourth-order valence-electron chi connectivity index (χ4n) is 4.58. The summed E-state index contributed by atoms with van der Waals surface area (Å²) in [5.74, 6) is 0. The number of likely N-dealkylation sites (tertiary alicyclic amines) is 1. The van der Waals surface area contributed by atoms with Gasteiger partial charge in [0.1, 0.15) is 0 Å². The molecule has 0 N–H and O–H groups in total. The van der Waals surface area contributed by atoms with Crippen LogP contribution in [0.3, 0.4) is 0 Å². The first kappa shape index (κ1) is 17.7. The van der Waals surface area contributed by atoms with E-state index in [2.05, 4.69) is 75.0 Å². The molecule has 0 saturated carbocycles. The van der Waals surface area contributed by atoms with Crippen LogP contribution in [0.15, 0.2) is 42.6 Å². The second-order valence-corrected chi connectivity index (χ2v) is 8.08. The van der Waals surface area contributed by atoms with Crippen molar-refractivity contribution in [2.45, 2.75) is 31.3 Å². The number of hydrogen-bond donors (Lipinski definition) is 0. The predicted molar refractivity (Wildman–Crippen MR) is 106 cm³/mol. The molecule has 0 aliphatic carbocycles. The summed E-state index contributed by atoms with van der Waals surface area (Å²) >= 11 is 0. The third-order valence-corrected chi connectivity index (χ3v) is 6.32. The van der Waals surface area contributed by atoms with Crippen LogP contribution in [-0.4, -0.2) is 76.8 Å². The predicted octanol–water partition coefficient (Wildman–Crippen LogP) is 2.47. The van der Waals surface area contributed by atoms with Gasteiger partial charge < -0.3 is 4.90 Å². The minimum atomic E-state index is 0.334. The Morgan fingerprint density at radius 2 is 1.73 bits per heavy atom. The Kier molecular flexibility index (Phi) is 5.11. The van der Waals surface area contributed by atoms with E-state index in [0.29, 0.717) is 5.54 Å². The van der Waals surface area contributed by atoms with Gasteiger partial charge in [-0.15, -0.1) is 0 Å². The van der Waals surface area contributed by atoms with E-state index in [-0.39, 0.29) is 0 Å². The van der Waals surface area contributed by atoms with Crippen molar-refractivity contribution in [3.8, 4) is 5.69 Å². The Balaban J connectivity index is 1.53. The quantitative estimate of drug-likeness (QED) is 0.847. The molecule has 0 unspecified atom stereocenters. The van der Waals surface area contributed by atoms with Gasteiger partial charge in [0.15, 0.2) is 0 Å². The summed E-state index contributed by atoms with van der Waals surface area (Å²) in [5, 5.41) is 4.58. The molecule has 1 spiro atoms. The van der Waals surface area contributed by atoms with Crippen LogP contribution in [0.4, 0.5) is 0 Å². The summed E-state index contributed by atoms with van der Waals surface area (Å²) in [7, 11) is 4.59. The Morgan fingerprint density at radius 1 is 0.962 bits per heavy atom. The maximum absolute atomic E-state index is 4.58. The van der Waals surface area contributed by atoms with Gasteiger partial charge in [-0.05, 0) is 77.7 Å². The van der Waals surface area contributed by atoms with Gasteiger partial charge >= 0.3 is 0 Å². The van der Waals surface area contributed by atoms with Crippen molar-refractivity contribution < 1.29 is 0 Å². The van der Waals surface area contributed by atoms with Crippen molar-refractivity contribution in [3.05, 3.63) is 48.3 Å². The maximum Gasteiger partial charge on any atom is 0.0649 e. The summed E-state index contributed by atoms with van der Waals surface area (Å²) < 4.78 is 2.09. The average molecular weight is 354 g/mol. The summed E-state index contributed by atoms with van der Waals surface area (Å²) in [6, 6.07) is 12.6. The molecule has 0 radical (unpaired) electrons. The first-order valence-electron chi connectivity index (χ1n) is 9.87. The van der Waals surface area contributed by atoms with Gasteiger partial charge in [-0.2, -0.15) is 5.10 Å². The summed E-state index contributed by atoms with van der Waals surface area (Å²) in [6.07, 6.45) is 5.72. The van der Waals surface area contributed by atoms with Gasteiger partial charge in [0.25, 0.3) is 0 Å². The maximum atomic E-state index is 4.58. The lowest BCUT2D eigenvalue weighted by atomic mass is 9.85. The smallest absolute Gasteiger partial charge is 0.0649 e. The Labute approximate surface area is 157 Å². The molecular formula is C21H31N5. The van der Waals surface area contributed by atoms with Crippen LogP contribution >= 0.6 is 0 Å². The number of rotatable bonds is 3. The van der Waals surface area contributed by atoms with E-state index in [4.69, 9.17) is 0 Å². The van der Waals surface area contributed by atoms with Gasteiger partial charge in [-0.25, -0.2) is 4.68 Å². The highest BCUT2D eigenvalue weighted by Crippen LogP contribution is 2.31. The number of piperidine rings is 1. The Morgan fingerprint density at radius 3 is 2.50 bits per heavy atom. The molecule has 2 fully saturated rings.